The van der Waals surface area contributed by atoms with E-state index in [2.05, 4.69) is 33.0 Å². The van der Waals surface area contributed by atoms with Crippen molar-refractivity contribution in [2.24, 2.45) is 5.92 Å². The Morgan fingerprint density at radius 2 is 1.86 bits per heavy atom. The Labute approximate surface area is 89.4 Å². The highest BCUT2D eigenvalue weighted by molar-refractivity contribution is 4.74. The largest absolute Gasteiger partial charge is 0.377 e. The van der Waals surface area contributed by atoms with Crippen LogP contribution in [0, 0.1) is 5.92 Å². The molecular formula is C12H27NO. The zero-order valence-corrected chi connectivity index (χ0v) is 10.5. The molecule has 0 aromatic heterocycles. The number of hydrogen-bond donors (Lipinski definition) is 1. The van der Waals surface area contributed by atoms with Crippen LogP contribution < -0.4 is 5.32 Å². The standard InChI is InChI=1S/C12H27NO/c1-6-8-10(3)9-12(13-5)11(4)14-7-2/h10-13H,6-9H2,1-5H3. The van der Waals surface area contributed by atoms with E-state index in [0.717, 1.165) is 12.5 Å². The molecule has 0 bridgehead atoms. The van der Waals surface area contributed by atoms with E-state index in [1.165, 1.54) is 19.3 Å². The van der Waals surface area contributed by atoms with Gasteiger partial charge in [-0.15, -0.1) is 0 Å². The molecular weight excluding hydrogens is 174 g/mol. The van der Waals surface area contributed by atoms with Gasteiger partial charge in [-0.25, -0.2) is 0 Å². The van der Waals surface area contributed by atoms with Crippen molar-refractivity contribution in [1.29, 1.82) is 0 Å². The van der Waals surface area contributed by atoms with Crippen LogP contribution in [-0.2, 0) is 4.74 Å². The molecule has 0 spiro atoms. The van der Waals surface area contributed by atoms with Gasteiger partial charge in [0.15, 0.2) is 0 Å². The third-order valence-electron chi connectivity index (χ3n) is 2.80. The predicted molar refractivity (Wildman–Crippen MR) is 62.6 cm³/mol. The van der Waals surface area contributed by atoms with E-state index < -0.39 is 0 Å². The van der Waals surface area contributed by atoms with E-state index in [0.29, 0.717) is 12.1 Å². The topological polar surface area (TPSA) is 21.3 Å². The molecule has 2 heteroatoms. The fourth-order valence-electron chi connectivity index (χ4n) is 1.97. The highest BCUT2D eigenvalue weighted by Gasteiger charge is 2.17. The van der Waals surface area contributed by atoms with Crippen molar-refractivity contribution in [2.45, 2.75) is 59.1 Å². The quantitative estimate of drug-likeness (QED) is 0.652. The third kappa shape index (κ3) is 5.61. The molecule has 0 aromatic rings. The van der Waals surface area contributed by atoms with Gasteiger partial charge in [-0.05, 0) is 33.2 Å². The lowest BCUT2D eigenvalue weighted by Gasteiger charge is -2.26. The summed E-state index contributed by atoms with van der Waals surface area (Å²) < 4.78 is 5.61. The van der Waals surface area contributed by atoms with Crippen molar-refractivity contribution in [3.05, 3.63) is 0 Å². The van der Waals surface area contributed by atoms with Crippen LogP contribution in [0.4, 0.5) is 0 Å². The Kier molecular flexibility index (Phi) is 8.20. The minimum absolute atomic E-state index is 0.323. The first kappa shape index (κ1) is 13.9. The lowest BCUT2D eigenvalue weighted by atomic mass is 9.95. The maximum atomic E-state index is 5.61. The SMILES string of the molecule is CCCC(C)CC(NC)C(C)OCC. The molecule has 0 heterocycles. The van der Waals surface area contributed by atoms with Crippen LogP contribution in [0.15, 0.2) is 0 Å². The molecule has 14 heavy (non-hydrogen) atoms. The number of rotatable bonds is 8. The Morgan fingerprint density at radius 3 is 2.29 bits per heavy atom. The summed E-state index contributed by atoms with van der Waals surface area (Å²) in [5.74, 6) is 0.792. The molecule has 0 aliphatic carbocycles. The van der Waals surface area contributed by atoms with Gasteiger partial charge in [-0.2, -0.15) is 0 Å². The fourth-order valence-corrected chi connectivity index (χ4v) is 1.97. The van der Waals surface area contributed by atoms with E-state index in [9.17, 15) is 0 Å². The summed E-state index contributed by atoms with van der Waals surface area (Å²) in [6, 6.07) is 0.497. The van der Waals surface area contributed by atoms with E-state index in [4.69, 9.17) is 4.74 Å². The maximum Gasteiger partial charge on any atom is 0.0699 e. The average molecular weight is 201 g/mol. The van der Waals surface area contributed by atoms with Crippen molar-refractivity contribution in [1.82, 2.24) is 5.32 Å². The van der Waals surface area contributed by atoms with Crippen molar-refractivity contribution in [2.75, 3.05) is 13.7 Å². The molecule has 0 aromatic carbocycles. The molecule has 0 amide bonds. The van der Waals surface area contributed by atoms with Crippen LogP contribution in [0.2, 0.25) is 0 Å². The number of nitrogens with one attached hydrogen (secondary N) is 1. The van der Waals surface area contributed by atoms with Gasteiger partial charge >= 0.3 is 0 Å². The first-order chi connectivity index (χ1) is 6.65. The van der Waals surface area contributed by atoms with Crippen LogP contribution in [0.5, 0.6) is 0 Å². The predicted octanol–water partition coefficient (Wildman–Crippen LogP) is 2.83. The molecule has 0 aliphatic rings. The lowest BCUT2D eigenvalue weighted by molar-refractivity contribution is 0.0430. The van der Waals surface area contributed by atoms with E-state index >= 15 is 0 Å². The number of hydrogen-bond acceptors (Lipinski definition) is 2. The summed E-state index contributed by atoms with van der Waals surface area (Å²) in [6.45, 7) is 9.59. The molecule has 3 atom stereocenters. The van der Waals surface area contributed by atoms with E-state index in [-0.39, 0.29) is 0 Å². The monoisotopic (exact) mass is 201 g/mol. The lowest BCUT2D eigenvalue weighted by Crippen LogP contribution is -2.38. The summed E-state index contributed by atoms with van der Waals surface area (Å²) >= 11 is 0. The van der Waals surface area contributed by atoms with Crippen LogP contribution in [0.3, 0.4) is 0 Å². The molecule has 0 fully saturated rings. The summed E-state index contributed by atoms with van der Waals surface area (Å²) in [5.41, 5.74) is 0. The zero-order valence-electron chi connectivity index (χ0n) is 10.5. The Bertz CT molecular complexity index is 127. The molecule has 1 N–H and O–H groups in total. The van der Waals surface area contributed by atoms with Gasteiger partial charge in [-0.1, -0.05) is 26.7 Å². The normalized spacial score (nSPS) is 17.8. The van der Waals surface area contributed by atoms with Gasteiger partial charge in [0.1, 0.15) is 0 Å². The minimum Gasteiger partial charge on any atom is -0.377 e. The van der Waals surface area contributed by atoms with E-state index in [1.807, 2.05) is 7.05 Å². The van der Waals surface area contributed by atoms with Gasteiger partial charge in [-0.3, -0.25) is 0 Å². The second-order valence-electron chi connectivity index (χ2n) is 4.19. The Balaban J connectivity index is 3.87. The molecule has 2 nitrogen and oxygen atoms in total. The second-order valence-corrected chi connectivity index (χ2v) is 4.19. The second kappa shape index (κ2) is 8.25. The van der Waals surface area contributed by atoms with Crippen molar-refractivity contribution in [3.63, 3.8) is 0 Å². The average Bonchev–Trinajstić information content (AvgIpc) is 2.15. The van der Waals surface area contributed by atoms with Gasteiger partial charge in [0.05, 0.1) is 6.10 Å². The van der Waals surface area contributed by atoms with Crippen LogP contribution in [0.25, 0.3) is 0 Å². The first-order valence-electron chi connectivity index (χ1n) is 5.94. The minimum atomic E-state index is 0.323. The number of likely N-dealkylation sites (N-methyl/N-ethyl adjacent to an activating group) is 1. The molecule has 0 saturated heterocycles. The third-order valence-corrected chi connectivity index (χ3v) is 2.80. The molecule has 0 rings (SSSR count). The summed E-state index contributed by atoms with van der Waals surface area (Å²) in [4.78, 5) is 0. The summed E-state index contributed by atoms with van der Waals surface area (Å²) in [6.07, 6.45) is 4.13. The smallest absolute Gasteiger partial charge is 0.0699 e. The van der Waals surface area contributed by atoms with Crippen molar-refractivity contribution in [3.8, 4) is 0 Å². The van der Waals surface area contributed by atoms with Crippen molar-refractivity contribution >= 4 is 0 Å². The molecule has 0 radical (unpaired) electrons. The highest BCUT2D eigenvalue weighted by atomic mass is 16.5. The summed E-state index contributed by atoms with van der Waals surface area (Å²) in [7, 11) is 2.03. The molecule has 0 saturated carbocycles. The maximum absolute atomic E-state index is 5.61. The molecule has 3 unspecified atom stereocenters. The Morgan fingerprint density at radius 1 is 1.21 bits per heavy atom. The van der Waals surface area contributed by atoms with Crippen molar-refractivity contribution < 1.29 is 4.74 Å². The van der Waals surface area contributed by atoms with Crippen LogP contribution in [-0.4, -0.2) is 25.8 Å². The Hall–Kier alpha value is -0.0800. The fraction of sp³-hybridized carbons (Fsp3) is 1.00. The molecule has 86 valence electrons. The van der Waals surface area contributed by atoms with Gasteiger partial charge < -0.3 is 10.1 Å². The van der Waals surface area contributed by atoms with Gasteiger partial charge in [0, 0.05) is 12.6 Å². The van der Waals surface area contributed by atoms with E-state index in [1.54, 1.807) is 0 Å². The van der Waals surface area contributed by atoms with Crippen LogP contribution >= 0.6 is 0 Å². The van der Waals surface area contributed by atoms with Gasteiger partial charge in [0.25, 0.3) is 0 Å². The first-order valence-corrected chi connectivity index (χ1v) is 5.94. The molecule has 0 aliphatic heterocycles. The highest BCUT2D eigenvalue weighted by Crippen LogP contribution is 2.15. The zero-order chi connectivity index (χ0) is 11.0. The van der Waals surface area contributed by atoms with Crippen LogP contribution in [0.1, 0.15) is 47.0 Å². The number of ether oxygens (including phenoxy) is 1. The summed E-state index contributed by atoms with van der Waals surface area (Å²) in [5, 5.41) is 3.35. The van der Waals surface area contributed by atoms with Gasteiger partial charge in [0.2, 0.25) is 0 Å².